The summed E-state index contributed by atoms with van der Waals surface area (Å²) >= 11 is 0. The molecule has 0 fully saturated rings. The molecule has 4 aromatic rings. The molecule has 4 bridgehead atoms. The van der Waals surface area contributed by atoms with Gasteiger partial charge in [0.2, 0.25) is 17.7 Å². The Morgan fingerprint density at radius 1 is 1.04 bits per heavy atom. The van der Waals surface area contributed by atoms with Gasteiger partial charge in [-0.1, -0.05) is 32.0 Å². The maximum atomic E-state index is 13.6. The normalized spacial score (nSPS) is 18.9. The summed E-state index contributed by atoms with van der Waals surface area (Å²) in [7, 11) is 0. The van der Waals surface area contributed by atoms with Gasteiger partial charge in [0, 0.05) is 24.7 Å². The number of amides is 4. The van der Waals surface area contributed by atoms with Gasteiger partial charge in [-0.2, -0.15) is 5.10 Å². The first-order valence-electron chi connectivity index (χ1n) is 14.7. The minimum Gasteiger partial charge on any atom is -0.507 e. The van der Waals surface area contributed by atoms with Gasteiger partial charge in [0.05, 0.1) is 5.56 Å². The van der Waals surface area contributed by atoms with Crippen molar-refractivity contribution < 1.29 is 29.0 Å². The number of hydrogen-bond acceptors (Lipinski definition) is 9. The Bertz CT molecular complexity index is 1720. The van der Waals surface area contributed by atoms with E-state index in [0.717, 1.165) is 5.56 Å². The van der Waals surface area contributed by atoms with Gasteiger partial charge in [-0.05, 0) is 54.8 Å². The Morgan fingerprint density at radius 3 is 2.52 bits per heavy atom. The first kappa shape index (κ1) is 31.6. The lowest BCUT2D eigenvalue weighted by molar-refractivity contribution is -0.132. The van der Waals surface area contributed by atoms with Crippen molar-refractivity contribution in [2.24, 2.45) is 5.92 Å². The smallest absolute Gasteiger partial charge is 0.255 e. The number of carbonyl (C=O) groups excluding carboxylic acids is 4. The lowest BCUT2D eigenvalue weighted by Crippen LogP contribution is -2.57. The van der Waals surface area contributed by atoms with Crippen molar-refractivity contribution >= 4 is 23.6 Å². The summed E-state index contributed by atoms with van der Waals surface area (Å²) in [6.07, 6.45) is 4.62. The average molecular weight is 627 g/mol. The lowest BCUT2D eigenvalue weighted by Gasteiger charge is -2.25. The van der Waals surface area contributed by atoms with Crippen molar-refractivity contribution in [1.29, 1.82) is 0 Å². The maximum absolute atomic E-state index is 13.6. The Morgan fingerprint density at radius 2 is 1.80 bits per heavy atom. The van der Waals surface area contributed by atoms with Crippen molar-refractivity contribution in [2.45, 2.75) is 51.9 Å². The lowest BCUT2D eigenvalue weighted by atomic mass is 10.0. The van der Waals surface area contributed by atoms with E-state index in [2.05, 4.69) is 36.3 Å². The molecular weight excluding hydrogens is 592 g/mol. The molecular formula is C32H34N8O6. The fourth-order valence-electron chi connectivity index (χ4n) is 4.85. The van der Waals surface area contributed by atoms with Crippen LogP contribution >= 0.6 is 0 Å². The highest BCUT2D eigenvalue weighted by Crippen LogP contribution is 2.28. The molecule has 4 amide bonds. The Balaban J connectivity index is 1.42. The molecule has 4 heterocycles. The van der Waals surface area contributed by atoms with E-state index in [0.29, 0.717) is 22.9 Å². The van der Waals surface area contributed by atoms with E-state index < -0.39 is 41.8 Å². The number of hydrogen-bond donors (Lipinski definition) is 5. The third-order valence-electron chi connectivity index (χ3n) is 7.39. The number of phenolic OH excluding ortho intramolecular Hbond substituents is 1. The van der Waals surface area contributed by atoms with Crippen LogP contribution in [-0.4, -0.2) is 66.6 Å². The molecule has 2 aromatic heterocycles. The summed E-state index contributed by atoms with van der Waals surface area (Å²) in [4.78, 5) is 61.6. The van der Waals surface area contributed by atoms with E-state index in [4.69, 9.17) is 4.74 Å². The van der Waals surface area contributed by atoms with Crippen LogP contribution in [0.1, 0.15) is 42.3 Å². The van der Waals surface area contributed by atoms with Gasteiger partial charge >= 0.3 is 0 Å². The second-order valence-corrected chi connectivity index (χ2v) is 11.2. The number of ether oxygens (including phenoxy) is 1. The number of rotatable bonds is 5. The maximum Gasteiger partial charge on any atom is 0.255 e. The number of pyridine rings is 1. The molecule has 3 atom stereocenters. The summed E-state index contributed by atoms with van der Waals surface area (Å²) in [5.41, 5.74) is 1.32. The summed E-state index contributed by atoms with van der Waals surface area (Å²) in [5.74, 6) is -1.77. The molecule has 0 radical (unpaired) electrons. The van der Waals surface area contributed by atoms with Crippen molar-refractivity contribution in [1.82, 2.24) is 41.0 Å². The number of fused-ring (bicyclic) bond motifs is 11. The summed E-state index contributed by atoms with van der Waals surface area (Å²) in [6.45, 7) is 5.06. The van der Waals surface area contributed by atoms with Crippen LogP contribution < -0.4 is 26.0 Å². The van der Waals surface area contributed by atoms with Gasteiger partial charge < -0.3 is 31.1 Å². The number of aromatic hydroxyl groups is 1. The van der Waals surface area contributed by atoms with E-state index in [1.54, 1.807) is 56.4 Å². The zero-order chi connectivity index (χ0) is 32.8. The molecule has 14 heteroatoms. The molecule has 0 spiro atoms. The van der Waals surface area contributed by atoms with Gasteiger partial charge in [-0.15, -0.1) is 0 Å². The minimum absolute atomic E-state index is 0.0759. The second-order valence-electron chi connectivity index (χ2n) is 11.2. The average Bonchev–Trinajstić information content (AvgIpc) is 3.58. The van der Waals surface area contributed by atoms with Crippen LogP contribution in [0.5, 0.6) is 17.2 Å². The van der Waals surface area contributed by atoms with E-state index >= 15 is 0 Å². The number of nitrogens with zero attached hydrogens (tertiary/aromatic N) is 4. The molecule has 238 valence electrons. The number of phenols is 1. The third kappa shape index (κ3) is 7.46. The van der Waals surface area contributed by atoms with Gasteiger partial charge in [-0.25, -0.2) is 14.6 Å². The highest BCUT2D eigenvalue weighted by Gasteiger charge is 2.30. The zero-order valence-electron chi connectivity index (χ0n) is 25.4. The molecule has 14 nitrogen and oxygen atoms in total. The van der Waals surface area contributed by atoms with Gasteiger partial charge in [-0.3, -0.25) is 19.2 Å². The highest BCUT2D eigenvalue weighted by molar-refractivity contribution is 6.00. The van der Waals surface area contributed by atoms with E-state index in [1.165, 1.54) is 42.5 Å². The highest BCUT2D eigenvalue weighted by atomic mass is 16.5. The van der Waals surface area contributed by atoms with Crippen LogP contribution in [0.3, 0.4) is 0 Å². The summed E-state index contributed by atoms with van der Waals surface area (Å²) < 4.78 is 7.40. The molecule has 2 aliphatic rings. The first-order chi connectivity index (χ1) is 22.1. The fraction of sp³-hybridized carbons (Fsp3) is 0.281. The van der Waals surface area contributed by atoms with E-state index in [9.17, 15) is 24.3 Å². The molecule has 0 saturated carbocycles. The fourth-order valence-corrected chi connectivity index (χ4v) is 4.85. The third-order valence-corrected chi connectivity index (χ3v) is 7.39. The largest absolute Gasteiger partial charge is 0.507 e. The Kier molecular flexibility index (Phi) is 9.55. The van der Waals surface area contributed by atoms with Crippen LogP contribution in [-0.2, 0) is 27.3 Å². The molecule has 0 aliphatic carbocycles. The molecule has 6 rings (SSSR count). The van der Waals surface area contributed by atoms with E-state index in [1.807, 2.05) is 0 Å². The molecule has 0 saturated heterocycles. The predicted octanol–water partition coefficient (Wildman–Crippen LogP) is 1.78. The minimum atomic E-state index is -1.05. The second kappa shape index (κ2) is 13.9. The number of nitrogens with one attached hydrogen (secondary N) is 4. The van der Waals surface area contributed by atoms with Gasteiger partial charge in [0.25, 0.3) is 5.91 Å². The molecule has 0 unspecified atom stereocenters. The van der Waals surface area contributed by atoms with Crippen molar-refractivity contribution in [3.63, 3.8) is 0 Å². The predicted molar refractivity (Wildman–Crippen MR) is 165 cm³/mol. The SMILES string of the molecule is CC(C)[C@@H]1NC(=O)c2cc(ccc2O)Oc2ccc(cc2)C[C@@H](C(=O)NCc2cccnc2-n2cncn2)NC(=O)[C@H](C)NC1=O. The van der Waals surface area contributed by atoms with Crippen LogP contribution in [0.25, 0.3) is 5.82 Å². The van der Waals surface area contributed by atoms with Crippen LogP contribution in [0, 0.1) is 5.92 Å². The quantitative estimate of drug-likeness (QED) is 0.206. The standard InChI is InChI=1S/C32H34N8O6/c1-18(2)27-32(45)37-19(3)29(42)38-25(31(44)35-15-21-5-4-12-34-28(21)40-17-33-16-36-40)13-20-6-8-22(9-7-20)46-23-10-11-26(41)24(14-23)30(43)39-27/h4-12,14,16-19,25,27,41H,13,15H2,1-3H3,(H,35,44)(H,37,45)(H,38,42)(H,39,43)/t19-,25-,27-/m0/s1. The zero-order valence-corrected chi connectivity index (χ0v) is 25.4. The number of benzene rings is 2. The van der Waals surface area contributed by atoms with Crippen LogP contribution in [0.15, 0.2) is 73.4 Å². The summed E-state index contributed by atoms with van der Waals surface area (Å²) in [5, 5.41) is 25.4. The molecule has 5 N–H and O–H groups in total. The molecule has 46 heavy (non-hydrogen) atoms. The van der Waals surface area contributed by atoms with Crippen LogP contribution in [0.2, 0.25) is 0 Å². The van der Waals surface area contributed by atoms with Gasteiger partial charge in [0.1, 0.15) is 48.0 Å². The first-order valence-corrected chi connectivity index (χ1v) is 14.7. The monoisotopic (exact) mass is 626 g/mol. The molecule has 2 aliphatic heterocycles. The van der Waals surface area contributed by atoms with Crippen molar-refractivity contribution in [3.8, 4) is 23.1 Å². The Labute approximate surface area is 264 Å². The van der Waals surface area contributed by atoms with Crippen molar-refractivity contribution in [2.75, 3.05) is 0 Å². The molecule has 2 aromatic carbocycles. The van der Waals surface area contributed by atoms with Crippen molar-refractivity contribution in [3.05, 3.63) is 90.1 Å². The summed E-state index contributed by atoms with van der Waals surface area (Å²) in [6, 6.07) is 11.6. The number of carbonyl (C=O) groups is 4. The van der Waals surface area contributed by atoms with Crippen LogP contribution in [0.4, 0.5) is 0 Å². The van der Waals surface area contributed by atoms with Gasteiger partial charge in [0.15, 0.2) is 5.82 Å². The topological polar surface area (TPSA) is 189 Å². The van der Waals surface area contributed by atoms with E-state index in [-0.39, 0.29) is 30.2 Å². The Hall–Kier alpha value is -5.79. The number of aromatic nitrogens is 4.